The van der Waals surface area contributed by atoms with Crippen LogP contribution in [0.15, 0.2) is 97.1 Å². The summed E-state index contributed by atoms with van der Waals surface area (Å²) in [6, 6.07) is 35.5. The van der Waals surface area contributed by atoms with E-state index in [1.807, 2.05) is 36.4 Å². The van der Waals surface area contributed by atoms with Crippen LogP contribution in [0.25, 0.3) is 70.4 Å². The molecule has 5 aromatic carbocycles. The van der Waals surface area contributed by atoms with Crippen molar-refractivity contribution in [3.63, 3.8) is 0 Å². The summed E-state index contributed by atoms with van der Waals surface area (Å²) in [6.45, 7) is 7.77. The van der Waals surface area contributed by atoms with Crippen molar-refractivity contribution in [1.82, 2.24) is 8.97 Å². The average molecular weight is 457 g/mol. The van der Waals surface area contributed by atoms with Crippen LogP contribution in [-0.4, -0.2) is 8.97 Å². The van der Waals surface area contributed by atoms with Crippen molar-refractivity contribution in [1.29, 1.82) is 5.26 Å². The van der Waals surface area contributed by atoms with Crippen LogP contribution in [0, 0.1) is 17.9 Å². The SMILES string of the molecule is [C-]#[N+]c1ccc2c3cc(-n4c5ccccc5c5c(C#N)cccc54)ccc3n3c4ccccc4c1c23. The molecule has 0 unspecified atom stereocenters. The number of hydrogen-bond donors (Lipinski definition) is 0. The van der Waals surface area contributed by atoms with E-state index in [0.717, 1.165) is 65.6 Å². The lowest BCUT2D eigenvalue weighted by Gasteiger charge is -2.09. The normalized spacial score (nSPS) is 11.8. The van der Waals surface area contributed by atoms with Gasteiger partial charge in [0.05, 0.1) is 45.8 Å². The highest BCUT2D eigenvalue weighted by Gasteiger charge is 2.21. The van der Waals surface area contributed by atoms with Gasteiger partial charge in [-0.25, -0.2) is 4.85 Å². The minimum Gasteiger partial charge on any atom is -0.309 e. The van der Waals surface area contributed by atoms with Crippen molar-refractivity contribution in [2.45, 2.75) is 0 Å². The van der Waals surface area contributed by atoms with Crippen LogP contribution in [0.5, 0.6) is 0 Å². The number of benzene rings is 5. The third-order valence-corrected chi connectivity index (χ3v) is 7.50. The fourth-order valence-electron chi connectivity index (χ4n) is 6.10. The summed E-state index contributed by atoms with van der Waals surface area (Å²) in [5.74, 6) is 0. The van der Waals surface area contributed by atoms with Gasteiger partial charge in [-0.1, -0.05) is 54.6 Å². The predicted molar refractivity (Wildman–Crippen MR) is 146 cm³/mol. The van der Waals surface area contributed by atoms with Gasteiger partial charge < -0.3 is 8.97 Å². The summed E-state index contributed by atoms with van der Waals surface area (Å²) in [5, 5.41) is 16.3. The monoisotopic (exact) mass is 456 g/mol. The Bertz CT molecular complexity index is 2280. The van der Waals surface area contributed by atoms with E-state index in [0.29, 0.717) is 11.3 Å². The number of rotatable bonds is 1. The molecule has 0 amide bonds. The standard InChI is InChI=1S/C32H16N4/c1-34-25-15-14-21-24-17-20(13-16-28(24)36-27-11-5-3-9-23(27)31(25)32(21)36)35-26-10-4-2-8-22(26)30-19(18-33)7-6-12-29(30)35/h2-17H. The topological polar surface area (TPSA) is 37.5 Å². The van der Waals surface area contributed by atoms with E-state index < -0.39 is 0 Å². The minimum absolute atomic E-state index is 0.683. The Morgan fingerprint density at radius 3 is 2.17 bits per heavy atom. The van der Waals surface area contributed by atoms with E-state index in [4.69, 9.17) is 6.57 Å². The van der Waals surface area contributed by atoms with Gasteiger partial charge in [0.2, 0.25) is 0 Å². The van der Waals surface area contributed by atoms with Gasteiger partial charge in [0.1, 0.15) is 0 Å². The van der Waals surface area contributed by atoms with Crippen LogP contribution in [0.2, 0.25) is 0 Å². The molecule has 8 rings (SSSR count). The summed E-state index contributed by atoms with van der Waals surface area (Å²) in [5.41, 5.74) is 7.86. The maximum Gasteiger partial charge on any atom is 0.197 e. The Balaban J connectivity index is 1.54. The average Bonchev–Trinajstić information content (AvgIpc) is 3.57. The zero-order valence-corrected chi connectivity index (χ0v) is 19.0. The van der Waals surface area contributed by atoms with Gasteiger partial charge in [-0.15, -0.1) is 0 Å². The predicted octanol–water partition coefficient (Wildman–Crippen LogP) is 8.36. The van der Waals surface area contributed by atoms with E-state index in [9.17, 15) is 5.26 Å². The summed E-state index contributed by atoms with van der Waals surface area (Å²) >= 11 is 0. The molecule has 0 atom stereocenters. The second-order valence-corrected chi connectivity index (χ2v) is 9.19. The molecule has 0 saturated carbocycles. The van der Waals surface area contributed by atoms with E-state index in [-0.39, 0.29) is 0 Å². The number of nitriles is 1. The number of nitrogens with zero attached hydrogens (tertiary/aromatic N) is 4. The molecule has 0 spiro atoms. The van der Waals surface area contributed by atoms with Gasteiger partial charge in [-0.05, 0) is 47.9 Å². The highest BCUT2D eigenvalue weighted by Crippen LogP contribution is 2.44. The first-order valence-corrected chi connectivity index (χ1v) is 11.8. The molecule has 0 saturated heterocycles. The molecule has 0 aliphatic rings. The van der Waals surface area contributed by atoms with Crippen molar-refractivity contribution in [3.8, 4) is 11.8 Å². The van der Waals surface area contributed by atoms with Gasteiger partial charge in [0.25, 0.3) is 0 Å². The van der Waals surface area contributed by atoms with Gasteiger partial charge >= 0.3 is 0 Å². The second-order valence-electron chi connectivity index (χ2n) is 9.19. The molecule has 3 heterocycles. The molecule has 0 radical (unpaired) electrons. The van der Waals surface area contributed by atoms with Gasteiger partial charge in [0, 0.05) is 32.6 Å². The van der Waals surface area contributed by atoms with E-state index in [1.165, 1.54) is 0 Å². The molecule has 3 aromatic heterocycles. The van der Waals surface area contributed by atoms with Gasteiger partial charge in [-0.2, -0.15) is 5.26 Å². The largest absolute Gasteiger partial charge is 0.309 e. The fourth-order valence-corrected chi connectivity index (χ4v) is 6.10. The van der Waals surface area contributed by atoms with Crippen molar-refractivity contribution in [3.05, 3.63) is 114 Å². The molecule has 8 aromatic rings. The Labute approximate surface area is 205 Å². The molecule has 0 aliphatic carbocycles. The van der Waals surface area contributed by atoms with Crippen molar-refractivity contribution in [2.24, 2.45) is 0 Å². The highest BCUT2D eigenvalue weighted by atomic mass is 15.0. The van der Waals surface area contributed by atoms with Crippen LogP contribution < -0.4 is 0 Å². The minimum atomic E-state index is 0.683. The summed E-state index contributed by atoms with van der Waals surface area (Å²) in [7, 11) is 0. The quantitative estimate of drug-likeness (QED) is 0.229. The number of aromatic nitrogens is 2. The summed E-state index contributed by atoms with van der Waals surface area (Å²) in [6.07, 6.45) is 0. The highest BCUT2D eigenvalue weighted by molar-refractivity contribution is 6.27. The number of hydrogen-bond acceptors (Lipinski definition) is 1. The maximum absolute atomic E-state index is 9.81. The third kappa shape index (κ3) is 2.17. The first-order chi connectivity index (χ1) is 17.8. The van der Waals surface area contributed by atoms with Crippen LogP contribution in [0.3, 0.4) is 0 Å². The molecule has 4 heteroatoms. The molecular weight excluding hydrogens is 440 g/mol. The first kappa shape index (κ1) is 19.0. The van der Waals surface area contributed by atoms with Crippen LogP contribution >= 0.6 is 0 Å². The molecule has 0 N–H and O–H groups in total. The summed E-state index contributed by atoms with van der Waals surface area (Å²) in [4.78, 5) is 3.84. The van der Waals surface area contributed by atoms with E-state index in [1.54, 1.807) is 0 Å². The van der Waals surface area contributed by atoms with Crippen molar-refractivity contribution >= 4 is 65.6 Å². The summed E-state index contributed by atoms with van der Waals surface area (Å²) < 4.78 is 4.55. The van der Waals surface area contributed by atoms with E-state index >= 15 is 0 Å². The number of para-hydroxylation sites is 2. The molecule has 0 bridgehead atoms. The van der Waals surface area contributed by atoms with Crippen LogP contribution in [0.1, 0.15) is 5.56 Å². The van der Waals surface area contributed by atoms with E-state index in [2.05, 4.69) is 80.5 Å². The molecular formula is C32H16N4. The number of fused-ring (bicyclic) bond motifs is 9. The molecule has 0 fully saturated rings. The zero-order chi connectivity index (χ0) is 24.0. The Hall–Kier alpha value is -5.32. The first-order valence-electron chi connectivity index (χ1n) is 11.8. The van der Waals surface area contributed by atoms with Gasteiger partial charge in [0.15, 0.2) is 5.69 Å². The van der Waals surface area contributed by atoms with Crippen LogP contribution in [-0.2, 0) is 0 Å². The van der Waals surface area contributed by atoms with Crippen molar-refractivity contribution in [2.75, 3.05) is 0 Å². The lowest BCUT2D eigenvalue weighted by molar-refractivity contribution is 1.18. The lowest BCUT2D eigenvalue weighted by Crippen LogP contribution is -1.94. The van der Waals surface area contributed by atoms with Crippen molar-refractivity contribution < 1.29 is 0 Å². The Morgan fingerprint density at radius 2 is 1.36 bits per heavy atom. The third-order valence-electron chi connectivity index (χ3n) is 7.50. The molecule has 0 aliphatic heterocycles. The maximum atomic E-state index is 9.81. The Kier molecular flexibility index (Phi) is 3.51. The van der Waals surface area contributed by atoms with Crippen LogP contribution in [0.4, 0.5) is 5.69 Å². The zero-order valence-electron chi connectivity index (χ0n) is 19.0. The molecule has 4 nitrogen and oxygen atoms in total. The molecule has 36 heavy (non-hydrogen) atoms. The fraction of sp³-hybridized carbons (Fsp3) is 0. The smallest absolute Gasteiger partial charge is 0.197 e. The second kappa shape index (κ2) is 6.63. The Morgan fingerprint density at radius 1 is 0.639 bits per heavy atom. The van der Waals surface area contributed by atoms with Gasteiger partial charge in [-0.3, -0.25) is 0 Å². The lowest BCUT2D eigenvalue weighted by atomic mass is 10.1. The molecule has 164 valence electrons.